The fourth-order valence-electron chi connectivity index (χ4n) is 3.85. The number of carbonyl (C=O) groups is 1. The minimum atomic E-state index is -4.77. The lowest BCUT2D eigenvalue weighted by Crippen LogP contribution is -2.44. The number of anilines is 1. The van der Waals surface area contributed by atoms with Gasteiger partial charge < -0.3 is 9.64 Å². The first kappa shape index (κ1) is 28.4. The third kappa shape index (κ3) is 5.57. The molecule has 0 N–H and O–H groups in total. The van der Waals surface area contributed by atoms with Crippen LogP contribution in [-0.4, -0.2) is 48.3 Å². The van der Waals surface area contributed by atoms with Gasteiger partial charge in [0.1, 0.15) is 11.3 Å². The van der Waals surface area contributed by atoms with Crippen molar-refractivity contribution < 1.29 is 31.1 Å². The van der Waals surface area contributed by atoms with Crippen molar-refractivity contribution in [3.63, 3.8) is 0 Å². The van der Waals surface area contributed by atoms with E-state index < -0.39 is 43.8 Å². The van der Waals surface area contributed by atoms with E-state index in [4.69, 9.17) is 22.2 Å². The lowest BCUT2D eigenvalue weighted by atomic mass is 10.0. The molecule has 3 rings (SSSR count). The van der Waals surface area contributed by atoms with Crippen LogP contribution in [0.4, 0.5) is 18.9 Å². The largest absolute Gasteiger partial charge is 0.494 e. The third-order valence-corrected chi connectivity index (χ3v) is 8.65. The number of hydrogen-bond acceptors (Lipinski definition) is 6. The van der Waals surface area contributed by atoms with Crippen LogP contribution in [0.25, 0.3) is 0 Å². The van der Waals surface area contributed by atoms with Crippen LogP contribution >= 0.6 is 12.2 Å². The molecule has 0 aromatic heterocycles. The van der Waals surface area contributed by atoms with Crippen molar-refractivity contribution >= 4 is 38.8 Å². The van der Waals surface area contributed by atoms with Crippen molar-refractivity contribution in [2.45, 2.75) is 56.0 Å². The molecular weight excluding hydrogens is 527 g/mol. The number of benzene rings is 2. The number of halogens is 3. The average molecular weight is 554 g/mol. The Morgan fingerprint density at radius 3 is 2.30 bits per heavy atom. The number of rotatable bonds is 8. The van der Waals surface area contributed by atoms with E-state index in [2.05, 4.69) is 0 Å². The van der Waals surface area contributed by atoms with Gasteiger partial charge >= 0.3 is 6.18 Å². The zero-order valence-electron chi connectivity index (χ0n) is 20.7. The molecule has 2 aromatic rings. The smallest absolute Gasteiger partial charge is 0.417 e. The Morgan fingerprint density at radius 2 is 1.76 bits per heavy atom. The summed E-state index contributed by atoms with van der Waals surface area (Å²) in [7, 11) is -3.39. The van der Waals surface area contributed by atoms with Crippen LogP contribution in [0.2, 0.25) is 0 Å². The highest BCUT2D eigenvalue weighted by atomic mass is 32.2. The minimum absolute atomic E-state index is 0.0519. The third-order valence-electron chi connectivity index (χ3n) is 6.08. The molecule has 0 radical (unpaired) electrons. The molecule has 1 fully saturated rings. The Kier molecular flexibility index (Phi) is 7.91. The van der Waals surface area contributed by atoms with E-state index >= 15 is 0 Å². The average Bonchev–Trinajstić information content (AvgIpc) is 2.99. The maximum atomic E-state index is 13.4. The highest BCUT2D eigenvalue weighted by Crippen LogP contribution is 2.38. The summed E-state index contributed by atoms with van der Waals surface area (Å²) >= 11 is 5.47. The lowest BCUT2D eigenvalue weighted by Gasteiger charge is -2.29. The Hall–Kier alpha value is -3.17. The SMILES string of the molecule is CC(C)S(=O)(=O)c1ccc(OCCCN2C(=S)N(c3ccc(C#N)c(C(F)(F)F)c3)C(=O)C2(C)C)cc1. The molecule has 0 spiro atoms. The maximum absolute atomic E-state index is 13.4. The van der Waals surface area contributed by atoms with Crippen molar-refractivity contribution in [3.8, 4) is 11.8 Å². The summed E-state index contributed by atoms with van der Waals surface area (Å²) in [5, 5.41) is 8.55. The molecule has 2 aromatic carbocycles. The Bertz CT molecular complexity index is 1350. The van der Waals surface area contributed by atoms with E-state index in [9.17, 15) is 26.4 Å². The van der Waals surface area contributed by atoms with Crippen LogP contribution in [0, 0.1) is 11.3 Å². The molecule has 1 amide bonds. The van der Waals surface area contributed by atoms with Crippen LogP contribution < -0.4 is 9.64 Å². The molecule has 0 saturated carbocycles. The van der Waals surface area contributed by atoms with E-state index in [1.54, 1.807) is 44.7 Å². The van der Waals surface area contributed by atoms with E-state index in [0.29, 0.717) is 12.2 Å². The molecule has 1 aliphatic heterocycles. The van der Waals surface area contributed by atoms with Gasteiger partial charge in [-0.15, -0.1) is 0 Å². The lowest BCUT2D eigenvalue weighted by molar-refractivity contribution is -0.137. The number of amides is 1. The molecule has 1 heterocycles. The van der Waals surface area contributed by atoms with Gasteiger partial charge in [0.15, 0.2) is 14.9 Å². The van der Waals surface area contributed by atoms with Crippen LogP contribution in [0.1, 0.15) is 45.2 Å². The number of alkyl halides is 3. The Morgan fingerprint density at radius 1 is 1.14 bits per heavy atom. The van der Waals surface area contributed by atoms with E-state index in [1.807, 2.05) is 0 Å². The zero-order chi connectivity index (χ0) is 27.8. The van der Waals surface area contributed by atoms with Crippen molar-refractivity contribution in [3.05, 3.63) is 53.6 Å². The van der Waals surface area contributed by atoms with Crippen LogP contribution in [-0.2, 0) is 20.8 Å². The summed E-state index contributed by atoms with van der Waals surface area (Å²) in [6.45, 7) is 6.99. The monoisotopic (exact) mass is 553 g/mol. The molecule has 0 atom stereocenters. The molecule has 0 unspecified atom stereocenters. The maximum Gasteiger partial charge on any atom is 0.417 e. The summed E-state index contributed by atoms with van der Waals surface area (Å²) in [4.78, 5) is 16.0. The number of thiocarbonyl (C=S) groups is 1. The molecule has 198 valence electrons. The summed E-state index contributed by atoms with van der Waals surface area (Å²) < 4.78 is 70.5. The molecular formula is C25H26F3N3O4S2. The number of nitriles is 1. The van der Waals surface area contributed by atoms with E-state index in [1.165, 1.54) is 24.3 Å². The minimum Gasteiger partial charge on any atom is -0.494 e. The summed E-state index contributed by atoms with van der Waals surface area (Å²) in [6.07, 6.45) is -4.34. The molecule has 7 nitrogen and oxygen atoms in total. The van der Waals surface area contributed by atoms with Gasteiger partial charge in [0, 0.05) is 6.54 Å². The molecule has 1 aliphatic rings. The number of nitrogens with zero attached hydrogens (tertiary/aromatic N) is 3. The molecule has 37 heavy (non-hydrogen) atoms. The van der Waals surface area contributed by atoms with Gasteiger partial charge in [-0.05, 0) is 88.8 Å². The predicted molar refractivity (Wildman–Crippen MR) is 136 cm³/mol. The van der Waals surface area contributed by atoms with Gasteiger partial charge in [-0.3, -0.25) is 9.69 Å². The topological polar surface area (TPSA) is 90.7 Å². The van der Waals surface area contributed by atoms with E-state index in [-0.39, 0.29) is 28.8 Å². The van der Waals surface area contributed by atoms with Crippen molar-refractivity contribution in [2.75, 3.05) is 18.1 Å². The fraction of sp³-hybridized carbons (Fsp3) is 0.400. The molecule has 12 heteroatoms. The van der Waals surface area contributed by atoms with Crippen LogP contribution in [0.5, 0.6) is 5.75 Å². The quantitative estimate of drug-likeness (QED) is 0.338. The first-order chi connectivity index (χ1) is 17.1. The van der Waals surface area contributed by atoms with Gasteiger partial charge in [-0.25, -0.2) is 8.42 Å². The van der Waals surface area contributed by atoms with Crippen molar-refractivity contribution in [1.82, 2.24) is 4.90 Å². The fourth-order valence-corrected chi connectivity index (χ4v) is 5.42. The molecule has 1 saturated heterocycles. The number of carbonyl (C=O) groups excluding carboxylic acids is 1. The highest BCUT2D eigenvalue weighted by molar-refractivity contribution is 7.92. The van der Waals surface area contributed by atoms with Gasteiger partial charge in [0.2, 0.25) is 0 Å². The number of ether oxygens (including phenoxy) is 1. The summed E-state index contributed by atoms with van der Waals surface area (Å²) in [6, 6.07) is 10.7. The second kappa shape index (κ2) is 10.3. The first-order valence-electron chi connectivity index (χ1n) is 11.4. The Balaban J connectivity index is 1.70. The second-order valence-corrected chi connectivity index (χ2v) is 12.1. The van der Waals surface area contributed by atoms with E-state index in [0.717, 1.165) is 17.0 Å². The highest BCUT2D eigenvalue weighted by Gasteiger charge is 2.49. The first-order valence-corrected chi connectivity index (χ1v) is 13.3. The standard InChI is InChI=1S/C25H26F3N3O4S2/c1-16(2)37(33,34)20-10-8-19(9-11-20)35-13-5-12-30-23(36)31(22(32)24(30,3)4)18-7-6-17(15-29)21(14-18)25(26,27)28/h6-11,14,16H,5,12-13H2,1-4H3. The van der Waals surface area contributed by atoms with Crippen molar-refractivity contribution in [1.29, 1.82) is 5.26 Å². The normalized spacial score (nSPS) is 15.9. The predicted octanol–water partition coefficient (Wildman–Crippen LogP) is 4.94. The summed E-state index contributed by atoms with van der Waals surface area (Å²) in [5.41, 5.74) is -2.86. The van der Waals surface area contributed by atoms with Gasteiger partial charge in [-0.2, -0.15) is 18.4 Å². The van der Waals surface area contributed by atoms with Gasteiger partial charge in [-0.1, -0.05) is 0 Å². The summed E-state index contributed by atoms with van der Waals surface area (Å²) in [5.74, 6) is -0.0147. The molecule has 0 bridgehead atoms. The molecule has 0 aliphatic carbocycles. The van der Waals surface area contributed by atoms with Gasteiger partial charge in [0.05, 0.1) is 39.6 Å². The number of sulfone groups is 1. The van der Waals surface area contributed by atoms with Crippen LogP contribution in [0.3, 0.4) is 0 Å². The second-order valence-electron chi connectivity index (χ2n) is 9.24. The van der Waals surface area contributed by atoms with Gasteiger partial charge in [0.25, 0.3) is 5.91 Å². The Labute approximate surface area is 219 Å². The number of hydrogen-bond donors (Lipinski definition) is 0. The van der Waals surface area contributed by atoms with Crippen molar-refractivity contribution in [2.24, 2.45) is 0 Å². The van der Waals surface area contributed by atoms with Crippen LogP contribution in [0.15, 0.2) is 47.4 Å². The zero-order valence-corrected chi connectivity index (χ0v) is 22.3.